The molecule has 0 unspecified atom stereocenters. The number of H-pyrrole nitrogens is 1. The number of alkyl carbamates (subject to hydrolysis) is 1. The summed E-state index contributed by atoms with van der Waals surface area (Å²) in [4.78, 5) is 23.8. The zero-order valence-corrected chi connectivity index (χ0v) is 19.4. The Morgan fingerprint density at radius 2 is 1.94 bits per heavy atom. The van der Waals surface area contributed by atoms with Crippen molar-refractivity contribution in [2.24, 2.45) is 0 Å². The van der Waals surface area contributed by atoms with Gasteiger partial charge in [-0.05, 0) is 67.4 Å². The number of aromatic nitrogens is 2. The van der Waals surface area contributed by atoms with Gasteiger partial charge in [0.25, 0.3) is 5.91 Å². The molecule has 0 aliphatic carbocycles. The van der Waals surface area contributed by atoms with Crippen LogP contribution in [0, 0.1) is 0 Å². The van der Waals surface area contributed by atoms with E-state index in [2.05, 4.69) is 28.5 Å². The number of aryl methyl sites for hydroxylation is 1. The molecule has 7 nitrogen and oxygen atoms in total. The third kappa shape index (κ3) is 3.88. The molecule has 1 fully saturated rings. The van der Waals surface area contributed by atoms with Crippen molar-refractivity contribution in [2.75, 3.05) is 0 Å². The Balaban J connectivity index is 1.48. The smallest absolute Gasteiger partial charge is 0.415 e. The Bertz CT molecular complexity index is 1430. The molecule has 2 N–H and O–H groups in total. The van der Waals surface area contributed by atoms with E-state index in [0.29, 0.717) is 22.1 Å². The third-order valence-electron chi connectivity index (χ3n) is 5.94. The zero-order valence-electron chi connectivity index (χ0n) is 18.6. The van der Waals surface area contributed by atoms with Gasteiger partial charge in [0.2, 0.25) is 5.60 Å². The Morgan fingerprint density at radius 1 is 1.09 bits per heavy atom. The van der Waals surface area contributed by atoms with Gasteiger partial charge in [-0.2, -0.15) is 5.10 Å². The van der Waals surface area contributed by atoms with Crippen molar-refractivity contribution in [3.05, 3.63) is 76.8 Å². The molecular formula is C26H22ClN3O4. The first-order chi connectivity index (χ1) is 16.4. The number of imide groups is 1. The van der Waals surface area contributed by atoms with E-state index in [1.807, 2.05) is 30.3 Å². The summed E-state index contributed by atoms with van der Waals surface area (Å²) < 4.78 is 11.5. The second-order valence-electron chi connectivity index (χ2n) is 8.34. The summed E-state index contributed by atoms with van der Waals surface area (Å²) in [5, 5.41) is 11.4. The zero-order chi connectivity index (χ0) is 23.9. The molecule has 4 aromatic rings. The number of nitrogens with one attached hydrogen (secondary N) is 2. The van der Waals surface area contributed by atoms with Crippen LogP contribution in [0.1, 0.15) is 31.4 Å². The van der Waals surface area contributed by atoms with E-state index >= 15 is 0 Å². The first kappa shape index (κ1) is 22.0. The molecule has 1 atom stereocenters. The van der Waals surface area contributed by atoms with Gasteiger partial charge < -0.3 is 9.47 Å². The molecule has 0 bridgehead atoms. The summed E-state index contributed by atoms with van der Waals surface area (Å²) in [6.07, 6.45) is 0.993. The predicted molar refractivity (Wildman–Crippen MR) is 129 cm³/mol. The maximum atomic E-state index is 12.3. The minimum Gasteiger partial charge on any atom is -0.457 e. The van der Waals surface area contributed by atoms with Gasteiger partial charge in [-0.15, -0.1) is 0 Å². The van der Waals surface area contributed by atoms with Crippen molar-refractivity contribution in [1.29, 1.82) is 0 Å². The number of hydrogen-bond donors (Lipinski definition) is 2. The molecule has 1 aromatic heterocycles. The number of carbonyl (C=O) groups is 2. The van der Waals surface area contributed by atoms with Gasteiger partial charge in [-0.25, -0.2) is 4.79 Å². The summed E-state index contributed by atoms with van der Waals surface area (Å²) in [6, 6.07) is 18.7. The average Bonchev–Trinajstić information content (AvgIpc) is 3.35. The van der Waals surface area contributed by atoms with Crippen molar-refractivity contribution in [2.45, 2.75) is 32.3 Å². The number of ether oxygens (including phenoxy) is 2. The van der Waals surface area contributed by atoms with E-state index in [9.17, 15) is 9.59 Å². The highest BCUT2D eigenvalue weighted by Gasteiger charge is 2.46. The van der Waals surface area contributed by atoms with Gasteiger partial charge in [0.15, 0.2) is 0 Å². The van der Waals surface area contributed by atoms with Crippen LogP contribution in [0.2, 0.25) is 5.02 Å². The fraction of sp³-hybridized carbons (Fsp3) is 0.192. The van der Waals surface area contributed by atoms with Crippen LogP contribution in [-0.4, -0.2) is 22.2 Å². The lowest BCUT2D eigenvalue weighted by atomic mass is 9.95. The van der Waals surface area contributed by atoms with E-state index in [1.54, 1.807) is 31.2 Å². The number of rotatable bonds is 6. The third-order valence-corrected chi connectivity index (χ3v) is 6.17. The lowest BCUT2D eigenvalue weighted by Gasteiger charge is -2.20. The second kappa shape index (κ2) is 8.50. The van der Waals surface area contributed by atoms with Crippen molar-refractivity contribution < 1.29 is 19.1 Å². The molecule has 5 rings (SSSR count). The average molecular weight is 476 g/mol. The second-order valence-corrected chi connectivity index (χ2v) is 8.78. The van der Waals surface area contributed by atoms with Crippen LogP contribution < -0.4 is 10.1 Å². The van der Waals surface area contributed by atoms with Gasteiger partial charge >= 0.3 is 6.09 Å². The van der Waals surface area contributed by atoms with Crippen LogP contribution in [0.3, 0.4) is 0 Å². The van der Waals surface area contributed by atoms with Crippen LogP contribution in [-0.2, 0) is 21.6 Å². The normalized spacial score (nSPS) is 17.6. The Kier molecular flexibility index (Phi) is 5.49. The van der Waals surface area contributed by atoms with Gasteiger partial charge in [0, 0.05) is 21.5 Å². The minimum absolute atomic E-state index is 0.502. The van der Waals surface area contributed by atoms with Crippen molar-refractivity contribution >= 4 is 34.5 Å². The van der Waals surface area contributed by atoms with Crippen LogP contribution in [0.5, 0.6) is 11.5 Å². The summed E-state index contributed by atoms with van der Waals surface area (Å²) in [5.74, 6) is 0.751. The first-order valence-electron chi connectivity index (χ1n) is 11.0. The molecule has 0 radical (unpaired) electrons. The number of nitrogens with zero attached hydrogens (tertiary/aromatic N) is 1. The summed E-state index contributed by atoms with van der Waals surface area (Å²) in [7, 11) is 0. The highest BCUT2D eigenvalue weighted by atomic mass is 35.5. The maximum absolute atomic E-state index is 12.3. The fourth-order valence-electron chi connectivity index (χ4n) is 4.15. The highest BCUT2D eigenvalue weighted by Crippen LogP contribution is 2.36. The number of cyclic esters (lactones) is 1. The number of hydrogen-bond acceptors (Lipinski definition) is 5. The molecule has 1 aliphatic rings. The molecule has 1 aliphatic heterocycles. The topological polar surface area (TPSA) is 93.3 Å². The van der Waals surface area contributed by atoms with E-state index in [0.717, 1.165) is 40.6 Å². The van der Waals surface area contributed by atoms with Crippen LogP contribution >= 0.6 is 11.6 Å². The monoisotopic (exact) mass is 475 g/mol. The van der Waals surface area contributed by atoms with Gasteiger partial charge in [0.05, 0.1) is 11.2 Å². The molecule has 2 heterocycles. The van der Waals surface area contributed by atoms with Gasteiger partial charge in [-0.1, -0.05) is 37.1 Å². The molecule has 34 heavy (non-hydrogen) atoms. The number of amides is 2. The van der Waals surface area contributed by atoms with E-state index in [1.165, 1.54) is 0 Å². The fourth-order valence-corrected chi connectivity index (χ4v) is 4.32. The quantitative estimate of drug-likeness (QED) is 0.351. The van der Waals surface area contributed by atoms with E-state index in [-0.39, 0.29) is 0 Å². The lowest BCUT2D eigenvalue weighted by Crippen LogP contribution is -2.33. The largest absolute Gasteiger partial charge is 0.457 e. The predicted octanol–water partition coefficient (Wildman–Crippen LogP) is 6.11. The highest BCUT2D eigenvalue weighted by molar-refractivity contribution is 6.31. The molecule has 2 amide bonds. The van der Waals surface area contributed by atoms with Gasteiger partial charge in [-0.3, -0.25) is 15.2 Å². The Hall–Kier alpha value is -3.84. The van der Waals surface area contributed by atoms with E-state index < -0.39 is 17.6 Å². The Labute approximate surface area is 201 Å². The number of fused-ring (bicyclic) bond motifs is 1. The molecule has 1 saturated heterocycles. The maximum Gasteiger partial charge on any atom is 0.415 e. The lowest BCUT2D eigenvalue weighted by molar-refractivity contribution is -0.130. The van der Waals surface area contributed by atoms with Crippen molar-refractivity contribution in [3.8, 4) is 22.8 Å². The van der Waals surface area contributed by atoms with E-state index in [4.69, 9.17) is 21.1 Å². The molecule has 0 spiro atoms. The summed E-state index contributed by atoms with van der Waals surface area (Å²) >= 11 is 6.10. The Morgan fingerprint density at radius 3 is 2.71 bits per heavy atom. The molecular weight excluding hydrogens is 454 g/mol. The SMILES string of the molecule is CCCc1cc(-c2n[nH]c3cc(Cl)ccc23)ccc1Oc1cccc([C@@]2(C)OC(=O)NC2=O)c1. The molecule has 172 valence electrons. The van der Waals surface area contributed by atoms with Crippen LogP contribution in [0.25, 0.3) is 22.2 Å². The standard InChI is InChI=1S/C26H22ClN3O4/c1-3-5-15-12-16(23-20-10-9-18(27)14-21(20)29-30-23)8-11-22(15)33-19-7-4-6-17(13-19)26(2)24(31)28-25(32)34-26/h4,6-14H,3,5H2,1-2H3,(H,29,30)(H,28,31,32)/t26-/m1/s1. The number of aromatic amines is 1. The number of halogens is 1. The molecule has 8 heteroatoms. The van der Waals surface area contributed by atoms with Gasteiger partial charge in [0.1, 0.15) is 11.5 Å². The van der Waals surface area contributed by atoms with Crippen molar-refractivity contribution in [1.82, 2.24) is 15.5 Å². The minimum atomic E-state index is -1.39. The van der Waals surface area contributed by atoms with Crippen LogP contribution in [0.4, 0.5) is 4.79 Å². The molecule has 0 saturated carbocycles. The summed E-state index contributed by atoms with van der Waals surface area (Å²) in [5.41, 5.74) is 2.87. The van der Waals surface area contributed by atoms with Crippen molar-refractivity contribution in [3.63, 3.8) is 0 Å². The van der Waals surface area contributed by atoms with Crippen LogP contribution in [0.15, 0.2) is 60.7 Å². The number of benzene rings is 3. The molecule has 3 aromatic carbocycles. The number of carbonyl (C=O) groups excluding carboxylic acids is 2. The first-order valence-corrected chi connectivity index (χ1v) is 11.3. The summed E-state index contributed by atoms with van der Waals surface area (Å²) in [6.45, 7) is 3.67.